The molecule has 3 aromatic rings. The average molecular weight is 542 g/mol. The number of aromatic nitrogens is 1. The Hall–Kier alpha value is -2.75. The molecule has 0 spiro atoms. The van der Waals surface area contributed by atoms with Crippen LogP contribution in [-0.4, -0.2) is 37.4 Å². The number of rotatable bonds is 8. The molecule has 0 bridgehead atoms. The Morgan fingerprint density at radius 3 is 2.43 bits per heavy atom. The summed E-state index contributed by atoms with van der Waals surface area (Å²) in [4.78, 5) is 31.9. The van der Waals surface area contributed by atoms with E-state index < -0.39 is 25.9 Å². The van der Waals surface area contributed by atoms with Crippen LogP contribution in [0.3, 0.4) is 0 Å². The van der Waals surface area contributed by atoms with Crippen molar-refractivity contribution in [3.8, 4) is 0 Å². The zero-order valence-electron chi connectivity index (χ0n) is 23.1. The van der Waals surface area contributed by atoms with Crippen LogP contribution in [0.25, 0.3) is 10.8 Å². The molecular formula is C28H39N3O4SSi. The normalized spacial score (nSPS) is 13.3. The summed E-state index contributed by atoms with van der Waals surface area (Å²) < 4.78 is 11.8. The topological polar surface area (TPSA) is 89.5 Å². The van der Waals surface area contributed by atoms with Crippen molar-refractivity contribution < 1.29 is 18.8 Å². The van der Waals surface area contributed by atoms with Gasteiger partial charge in [0.05, 0.1) is 12.5 Å². The van der Waals surface area contributed by atoms with Crippen molar-refractivity contribution in [1.29, 1.82) is 0 Å². The molecule has 0 aliphatic heterocycles. The molecule has 1 aromatic carbocycles. The lowest BCUT2D eigenvalue weighted by molar-refractivity contribution is -0.117. The largest absolute Gasteiger partial charge is 0.444 e. The van der Waals surface area contributed by atoms with Gasteiger partial charge in [0.2, 0.25) is 5.91 Å². The first-order valence-electron chi connectivity index (χ1n) is 12.5. The maximum atomic E-state index is 13.5. The lowest BCUT2D eigenvalue weighted by Crippen LogP contribution is -2.40. The zero-order chi connectivity index (χ0) is 27.4. The molecule has 1 atom stereocenters. The predicted octanol–water partition coefficient (Wildman–Crippen LogP) is 7.07. The number of carbonyl (C=O) groups excluding carboxylic acids is 2. The minimum Gasteiger partial charge on any atom is -0.444 e. The van der Waals surface area contributed by atoms with Gasteiger partial charge in [-0.3, -0.25) is 9.78 Å². The molecule has 2 aromatic heterocycles. The van der Waals surface area contributed by atoms with Crippen LogP contribution in [0.4, 0.5) is 10.5 Å². The molecule has 0 aliphatic rings. The number of nitrogens with zero attached hydrogens (tertiary/aromatic N) is 1. The minimum absolute atomic E-state index is 0.112. The SMILES string of the molecule is CC(C)(C)OC(=O)NCC(C(=O)Nc1ccc2cnccc2c1)c1ccc(CO[Si](C)(C)C(C)(C)C)s1. The number of hydrogen-bond donors (Lipinski definition) is 2. The number of amides is 2. The highest BCUT2D eigenvalue weighted by Crippen LogP contribution is 2.38. The predicted molar refractivity (Wildman–Crippen MR) is 154 cm³/mol. The molecule has 0 saturated carbocycles. The van der Waals surface area contributed by atoms with E-state index >= 15 is 0 Å². The fourth-order valence-corrected chi connectivity index (χ4v) is 5.42. The molecular weight excluding hydrogens is 502 g/mol. The van der Waals surface area contributed by atoms with Crippen molar-refractivity contribution in [2.24, 2.45) is 0 Å². The van der Waals surface area contributed by atoms with E-state index in [0.717, 1.165) is 20.5 Å². The van der Waals surface area contributed by atoms with Gasteiger partial charge in [-0.05, 0) is 74.6 Å². The van der Waals surface area contributed by atoms with E-state index in [1.54, 1.807) is 33.2 Å². The van der Waals surface area contributed by atoms with Crippen molar-refractivity contribution in [2.45, 2.75) is 77.8 Å². The van der Waals surface area contributed by atoms with Gasteiger partial charge in [0.25, 0.3) is 0 Å². The quantitative estimate of drug-likeness (QED) is 0.298. The summed E-state index contributed by atoms with van der Waals surface area (Å²) in [6.07, 6.45) is 2.95. The van der Waals surface area contributed by atoms with E-state index in [9.17, 15) is 9.59 Å². The van der Waals surface area contributed by atoms with Crippen molar-refractivity contribution in [3.63, 3.8) is 0 Å². The number of alkyl carbamates (subject to hydrolysis) is 1. The third-order valence-corrected chi connectivity index (χ3v) is 12.1. The molecule has 2 heterocycles. The lowest BCUT2D eigenvalue weighted by Gasteiger charge is -2.36. The minimum atomic E-state index is -1.90. The average Bonchev–Trinajstić information content (AvgIpc) is 3.24. The van der Waals surface area contributed by atoms with Gasteiger partial charge in [-0.25, -0.2) is 4.79 Å². The lowest BCUT2D eigenvalue weighted by atomic mass is 10.1. The van der Waals surface area contributed by atoms with Crippen LogP contribution >= 0.6 is 11.3 Å². The molecule has 0 saturated heterocycles. The maximum Gasteiger partial charge on any atom is 0.407 e. The molecule has 9 heteroatoms. The van der Waals surface area contributed by atoms with Gasteiger partial charge >= 0.3 is 6.09 Å². The Bertz CT molecular complexity index is 1240. The number of nitrogens with one attached hydrogen (secondary N) is 2. The first-order chi connectivity index (χ1) is 17.1. The smallest absolute Gasteiger partial charge is 0.407 e. The second-order valence-corrected chi connectivity index (χ2v) is 17.7. The highest BCUT2D eigenvalue weighted by Gasteiger charge is 2.37. The first kappa shape index (κ1) is 28.8. The van der Waals surface area contributed by atoms with Crippen LogP contribution in [-0.2, 0) is 20.6 Å². The van der Waals surface area contributed by atoms with Gasteiger partial charge < -0.3 is 19.8 Å². The summed E-state index contributed by atoms with van der Waals surface area (Å²) in [5.74, 6) is -0.796. The summed E-state index contributed by atoms with van der Waals surface area (Å²) in [6, 6.07) is 11.5. The summed E-state index contributed by atoms with van der Waals surface area (Å²) in [5, 5.41) is 7.88. The van der Waals surface area contributed by atoms with Gasteiger partial charge in [0.15, 0.2) is 8.32 Å². The third-order valence-electron chi connectivity index (χ3n) is 6.48. The molecule has 200 valence electrons. The number of carbonyl (C=O) groups is 2. The molecule has 2 amide bonds. The number of hydrogen-bond acceptors (Lipinski definition) is 6. The van der Waals surface area contributed by atoms with E-state index in [-0.39, 0.29) is 17.5 Å². The second kappa shape index (κ2) is 11.3. The molecule has 7 nitrogen and oxygen atoms in total. The first-order valence-corrected chi connectivity index (χ1v) is 16.2. The van der Waals surface area contributed by atoms with Crippen molar-refractivity contribution in [1.82, 2.24) is 10.3 Å². The molecule has 1 unspecified atom stereocenters. The standard InChI is InChI=1S/C28H39N3O4SSi/c1-27(2,3)35-26(33)30-17-23(24-12-11-22(36-24)18-34-37(7,8)28(4,5)6)25(32)31-21-10-9-20-16-29-14-13-19(20)15-21/h9-16,23H,17-18H2,1-8H3,(H,30,33)(H,31,32). The Morgan fingerprint density at radius 1 is 1.03 bits per heavy atom. The number of fused-ring (bicyclic) bond motifs is 1. The summed E-state index contributed by atoms with van der Waals surface area (Å²) >= 11 is 1.53. The highest BCUT2D eigenvalue weighted by atomic mass is 32.1. The molecule has 2 N–H and O–H groups in total. The molecule has 0 radical (unpaired) electrons. The van der Waals surface area contributed by atoms with Crippen LogP contribution in [0.2, 0.25) is 18.1 Å². The van der Waals surface area contributed by atoms with Crippen molar-refractivity contribution in [3.05, 3.63) is 58.5 Å². The Kier molecular flexibility index (Phi) is 8.82. The third kappa shape index (κ3) is 8.11. The summed E-state index contributed by atoms with van der Waals surface area (Å²) in [5.41, 5.74) is 0.0583. The number of anilines is 1. The van der Waals surface area contributed by atoms with E-state index in [1.807, 2.05) is 36.4 Å². The van der Waals surface area contributed by atoms with Gasteiger partial charge in [0.1, 0.15) is 5.60 Å². The fourth-order valence-electron chi connectivity index (χ4n) is 3.34. The molecule has 37 heavy (non-hydrogen) atoms. The van der Waals surface area contributed by atoms with Gasteiger partial charge in [0, 0.05) is 39.8 Å². The number of thiophene rings is 1. The van der Waals surface area contributed by atoms with Crippen LogP contribution in [0.1, 0.15) is 57.2 Å². The maximum absolute atomic E-state index is 13.5. The number of benzene rings is 1. The van der Waals surface area contributed by atoms with Gasteiger partial charge in [-0.1, -0.05) is 26.8 Å². The van der Waals surface area contributed by atoms with Gasteiger partial charge in [-0.15, -0.1) is 11.3 Å². The molecule has 3 rings (SSSR count). The van der Waals surface area contributed by atoms with Crippen molar-refractivity contribution in [2.75, 3.05) is 11.9 Å². The van der Waals surface area contributed by atoms with Crippen molar-refractivity contribution >= 4 is 48.1 Å². The zero-order valence-corrected chi connectivity index (χ0v) is 24.9. The van der Waals surface area contributed by atoms with Crippen LogP contribution in [0.5, 0.6) is 0 Å². The van der Waals surface area contributed by atoms with Crippen LogP contribution in [0.15, 0.2) is 48.8 Å². The number of ether oxygens (including phenoxy) is 1. The summed E-state index contributed by atoms with van der Waals surface area (Å²) in [7, 11) is -1.90. The van der Waals surface area contributed by atoms with E-state index in [1.165, 1.54) is 11.3 Å². The van der Waals surface area contributed by atoms with E-state index in [4.69, 9.17) is 9.16 Å². The second-order valence-electron chi connectivity index (χ2n) is 11.7. The highest BCUT2D eigenvalue weighted by molar-refractivity contribution is 7.12. The van der Waals surface area contributed by atoms with Gasteiger partial charge in [-0.2, -0.15) is 0 Å². The van der Waals surface area contributed by atoms with E-state index in [0.29, 0.717) is 12.3 Å². The Balaban J connectivity index is 1.78. The monoisotopic (exact) mass is 541 g/mol. The molecule has 0 aliphatic carbocycles. The Labute approximate surface area is 225 Å². The van der Waals surface area contributed by atoms with Crippen LogP contribution in [0, 0.1) is 0 Å². The van der Waals surface area contributed by atoms with Crippen LogP contribution < -0.4 is 10.6 Å². The Morgan fingerprint density at radius 2 is 1.76 bits per heavy atom. The molecule has 0 fully saturated rings. The summed E-state index contributed by atoms with van der Waals surface area (Å²) in [6.45, 7) is 17.1. The van der Waals surface area contributed by atoms with E-state index in [2.05, 4.69) is 49.5 Å². The fraction of sp³-hybridized carbons (Fsp3) is 0.464. The number of pyridine rings is 1.